The van der Waals surface area contributed by atoms with E-state index in [9.17, 15) is 13.2 Å². The van der Waals surface area contributed by atoms with Crippen molar-refractivity contribution in [1.29, 1.82) is 0 Å². The summed E-state index contributed by atoms with van der Waals surface area (Å²) in [7, 11) is 1.55. The first-order valence-corrected chi connectivity index (χ1v) is 7.38. The van der Waals surface area contributed by atoms with Crippen molar-refractivity contribution in [1.82, 2.24) is 5.32 Å². The van der Waals surface area contributed by atoms with Crippen LogP contribution in [-0.2, 0) is 4.74 Å². The Balaban J connectivity index is 2.74. The summed E-state index contributed by atoms with van der Waals surface area (Å²) in [5.41, 5.74) is 0.846. The fourth-order valence-electron chi connectivity index (χ4n) is 1.78. The molecule has 3 nitrogen and oxygen atoms in total. The molecule has 0 aliphatic rings. The van der Waals surface area contributed by atoms with Gasteiger partial charge >= 0.3 is 6.18 Å². The van der Waals surface area contributed by atoms with Gasteiger partial charge in [0.2, 0.25) is 0 Å². The Morgan fingerprint density at radius 3 is 2.57 bits per heavy atom. The second-order valence-electron chi connectivity index (χ2n) is 4.53. The van der Waals surface area contributed by atoms with Crippen molar-refractivity contribution in [3.05, 3.63) is 28.2 Å². The lowest BCUT2D eigenvalue weighted by Crippen LogP contribution is -2.28. The van der Waals surface area contributed by atoms with Gasteiger partial charge in [-0.3, -0.25) is 0 Å². The Hall–Kier alpha value is -0.790. The summed E-state index contributed by atoms with van der Waals surface area (Å²) in [5.74, 6) is 0.671. The summed E-state index contributed by atoms with van der Waals surface area (Å²) in [6.45, 7) is 1.40. The van der Waals surface area contributed by atoms with E-state index in [4.69, 9.17) is 9.47 Å². The van der Waals surface area contributed by atoms with Crippen LogP contribution in [0.1, 0.15) is 24.9 Å². The summed E-state index contributed by atoms with van der Waals surface area (Å²) in [4.78, 5) is 0. The van der Waals surface area contributed by atoms with E-state index in [0.29, 0.717) is 12.3 Å². The van der Waals surface area contributed by atoms with Crippen LogP contribution < -0.4 is 10.1 Å². The third-order valence-electron chi connectivity index (χ3n) is 2.77. The lowest BCUT2D eigenvalue weighted by Gasteiger charge is -2.20. The quantitative estimate of drug-likeness (QED) is 0.748. The normalized spacial score (nSPS) is 13.2. The largest absolute Gasteiger partial charge is 0.496 e. The Labute approximate surface area is 130 Å². The van der Waals surface area contributed by atoms with Gasteiger partial charge in [-0.25, -0.2) is 0 Å². The predicted octanol–water partition coefficient (Wildman–Crippen LogP) is 4.08. The maximum absolute atomic E-state index is 12.2. The molecule has 1 aromatic carbocycles. The number of rotatable bonds is 8. The zero-order valence-corrected chi connectivity index (χ0v) is 13.6. The first-order chi connectivity index (χ1) is 9.87. The maximum Gasteiger partial charge on any atom is 0.411 e. The lowest BCUT2D eigenvalue weighted by molar-refractivity contribution is -0.175. The maximum atomic E-state index is 12.2. The van der Waals surface area contributed by atoms with Gasteiger partial charge in [-0.15, -0.1) is 0 Å². The second-order valence-corrected chi connectivity index (χ2v) is 5.39. The van der Waals surface area contributed by atoms with Crippen molar-refractivity contribution in [2.24, 2.45) is 0 Å². The molecule has 1 unspecified atom stereocenters. The smallest absolute Gasteiger partial charge is 0.411 e. The second kappa shape index (κ2) is 8.60. The van der Waals surface area contributed by atoms with Crippen LogP contribution in [0.2, 0.25) is 0 Å². The molecule has 0 bridgehead atoms. The standard InChI is InChI=1S/C14H19BrF3NO2/c1-3-6-19-12(8-21-9-14(16,17)18)10-4-5-13(20-2)11(15)7-10/h4-5,7,12,19H,3,6,8-9H2,1-2H3. The Morgan fingerprint density at radius 1 is 1.33 bits per heavy atom. The highest BCUT2D eigenvalue weighted by Crippen LogP contribution is 2.28. The van der Waals surface area contributed by atoms with Crippen LogP contribution in [-0.4, -0.2) is 33.0 Å². The van der Waals surface area contributed by atoms with Crippen LogP contribution >= 0.6 is 15.9 Å². The average Bonchev–Trinajstić information content (AvgIpc) is 2.41. The monoisotopic (exact) mass is 369 g/mol. The Kier molecular flexibility index (Phi) is 7.48. The minimum Gasteiger partial charge on any atom is -0.496 e. The first kappa shape index (κ1) is 18.3. The molecule has 1 rings (SSSR count). The highest BCUT2D eigenvalue weighted by molar-refractivity contribution is 9.10. The molecule has 120 valence electrons. The Morgan fingerprint density at radius 2 is 2.05 bits per heavy atom. The van der Waals surface area contributed by atoms with E-state index in [1.165, 1.54) is 0 Å². The minimum absolute atomic E-state index is 0.0434. The topological polar surface area (TPSA) is 30.5 Å². The SMILES string of the molecule is CCCNC(COCC(F)(F)F)c1ccc(OC)c(Br)c1. The molecule has 1 N–H and O–H groups in total. The van der Waals surface area contributed by atoms with Gasteiger partial charge in [-0.05, 0) is 46.6 Å². The molecule has 0 fully saturated rings. The molecule has 0 saturated heterocycles. The van der Waals surface area contributed by atoms with Gasteiger partial charge in [0.1, 0.15) is 12.4 Å². The molecule has 21 heavy (non-hydrogen) atoms. The van der Waals surface area contributed by atoms with Gasteiger partial charge in [-0.2, -0.15) is 13.2 Å². The number of ether oxygens (including phenoxy) is 2. The van der Waals surface area contributed by atoms with Crippen molar-refractivity contribution in [2.75, 3.05) is 26.9 Å². The van der Waals surface area contributed by atoms with Gasteiger partial charge in [-0.1, -0.05) is 13.0 Å². The van der Waals surface area contributed by atoms with E-state index in [2.05, 4.69) is 21.2 Å². The fourth-order valence-corrected chi connectivity index (χ4v) is 2.34. The summed E-state index contributed by atoms with van der Waals surface area (Å²) in [5, 5.41) is 3.18. The zero-order chi connectivity index (χ0) is 15.9. The first-order valence-electron chi connectivity index (χ1n) is 6.58. The number of benzene rings is 1. The molecule has 0 aliphatic heterocycles. The number of alkyl halides is 3. The Bertz CT molecular complexity index is 441. The number of methoxy groups -OCH3 is 1. The van der Waals surface area contributed by atoms with Crippen LogP contribution in [0.4, 0.5) is 13.2 Å². The zero-order valence-electron chi connectivity index (χ0n) is 12.0. The van der Waals surface area contributed by atoms with E-state index in [0.717, 1.165) is 16.5 Å². The average molecular weight is 370 g/mol. The molecule has 7 heteroatoms. The highest BCUT2D eigenvalue weighted by atomic mass is 79.9. The molecule has 0 spiro atoms. The summed E-state index contributed by atoms with van der Waals surface area (Å²) in [6.07, 6.45) is -3.43. The van der Waals surface area contributed by atoms with Crippen molar-refractivity contribution in [2.45, 2.75) is 25.6 Å². The third kappa shape index (κ3) is 6.67. The van der Waals surface area contributed by atoms with E-state index < -0.39 is 12.8 Å². The molecule has 0 heterocycles. The molecule has 0 aliphatic carbocycles. The lowest BCUT2D eigenvalue weighted by atomic mass is 10.1. The summed E-state index contributed by atoms with van der Waals surface area (Å²) >= 11 is 3.37. The van der Waals surface area contributed by atoms with Gasteiger partial charge in [0, 0.05) is 0 Å². The molecular formula is C14H19BrF3NO2. The van der Waals surface area contributed by atoms with Gasteiger partial charge < -0.3 is 14.8 Å². The highest BCUT2D eigenvalue weighted by Gasteiger charge is 2.28. The number of hydrogen-bond donors (Lipinski definition) is 1. The molecule has 0 aromatic heterocycles. The molecule has 1 aromatic rings. The minimum atomic E-state index is -4.31. The van der Waals surface area contributed by atoms with E-state index in [1.54, 1.807) is 13.2 Å². The van der Waals surface area contributed by atoms with Gasteiger partial charge in [0.25, 0.3) is 0 Å². The molecule has 0 saturated carbocycles. The number of nitrogens with one attached hydrogen (secondary N) is 1. The van der Waals surface area contributed by atoms with Crippen LogP contribution in [0.25, 0.3) is 0 Å². The van der Waals surface area contributed by atoms with Crippen LogP contribution in [0.3, 0.4) is 0 Å². The predicted molar refractivity (Wildman–Crippen MR) is 78.6 cm³/mol. The number of hydrogen-bond acceptors (Lipinski definition) is 3. The molecule has 1 atom stereocenters. The van der Waals surface area contributed by atoms with Crippen LogP contribution in [0, 0.1) is 0 Å². The van der Waals surface area contributed by atoms with Crippen molar-refractivity contribution in [3.63, 3.8) is 0 Å². The van der Waals surface area contributed by atoms with E-state index in [1.807, 2.05) is 19.1 Å². The van der Waals surface area contributed by atoms with Crippen molar-refractivity contribution in [3.8, 4) is 5.75 Å². The van der Waals surface area contributed by atoms with E-state index in [-0.39, 0.29) is 12.6 Å². The van der Waals surface area contributed by atoms with Crippen molar-refractivity contribution < 1.29 is 22.6 Å². The van der Waals surface area contributed by atoms with Crippen LogP contribution in [0.5, 0.6) is 5.75 Å². The van der Waals surface area contributed by atoms with Gasteiger partial charge in [0.05, 0.1) is 24.2 Å². The van der Waals surface area contributed by atoms with E-state index >= 15 is 0 Å². The molecular weight excluding hydrogens is 351 g/mol. The van der Waals surface area contributed by atoms with Crippen molar-refractivity contribution >= 4 is 15.9 Å². The summed E-state index contributed by atoms with van der Waals surface area (Å²) < 4.78 is 47.1. The number of halogens is 4. The van der Waals surface area contributed by atoms with Gasteiger partial charge in [0.15, 0.2) is 0 Å². The molecule has 0 amide bonds. The third-order valence-corrected chi connectivity index (χ3v) is 3.39. The molecule has 0 radical (unpaired) electrons. The summed E-state index contributed by atoms with van der Waals surface area (Å²) in [6, 6.07) is 5.11. The fraction of sp³-hybridized carbons (Fsp3) is 0.571. The van der Waals surface area contributed by atoms with Crippen LogP contribution in [0.15, 0.2) is 22.7 Å².